The molecule has 0 fully saturated rings. The number of allylic oxidation sites excluding steroid dienone is 2. The van der Waals surface area contributed by atoms with E-state index in [1.807, 2.05) is 0 Å². The zero-order valence-electron chi connectivity index (χ0n) is 7.75. The highest BCUT2D eigenvalue weighted by Gasteiger charge is 2.15. The Hall–Kier alpha value is -1.49. The Labute approximate surface area is 78.1 Å². The van der Waals surface area contributed by atoms with Crippen molar-refractivity contribution in [1.82, 2.24) is 4.57 Å². The molecule has 13 heavy (non-hydrogen) atoms. The Morgan fingerprint density at radius 3 is 3.15 bits per heavy atom. The van der Waals surface area contributed by atoms with Crippen LogP contribution < -0.4 is 0 Å². The van der Waals surface area contributed by atoms with Crippen LogP contribution in [0, 0.1) is 11.3 Å². The summed E-state index contributed by atoms with van der Waals surface area (Å²) in [7, 11) is 2.06. The van der Waals surface area contributed by atoms with E-state index < -0.39 is 0 Å². The molecule has 66 valence electrons. The number of rotatable bonds is 0. The molecular weight excluding hydrogens is 160 g/mol. The summed E-state index contributed by atoms with van der Waals surface area (Å²) < 4.78 is 2.15. The van der Waals surface area contributed by atoms with Gasteiger partial charge in [-0.2, -0.15) is 5.26 Å². The summed E-state index contributed by atoms with van der Waals surface area (Å²) in [6, 6.07) is 4.23. The fourth-order valence-corrected chi connectivity index (χ4v) is 1.97. The fraction of sp³-hybridized carbons (Fsp3) is 0.364. The highest BCUT2D eigenvalue weighted by molar-refractivity contribution is 5.71. The van der Waals surface area contributed by atoms with Crippen LogP contribution in [0.3, 0.4) is 0 Å². The van der Waals surface area contributed by atoms with E-state index in [9.17, 15) is 0 Å². The summed E-state index contributed by atoms with van der Waals surface area (Å²) in [6.07, 6.45) is 7.10. The van der Waals surface area contributed by atoms with Gasteiger partial charge in [-0.25, -0.2) is 0 Å². The second kappa shape index (κ2) is 3.10. The van der Waals surface area contributed by atoms with E-state index in [1.54, 1.807) is 6.08 Å². The van der Waals surface area contributed by atoms with Gasteiger partial charge in [0, 0.05) is 25.0 Å². The van der Waals surface area contributed by atoms with Crippen molar-refractivity contribution in [3.63, 3.8) is 0 Å². The number of hydrogen-bond donors (Lipinski definition) is 0. The van der Waals surface area contributed by atoms with Crippen molar-refractivity contribution in [1.29, 1.82) is 5.26 Å². The molecule has 1 aromatic heterocycles. The second-order valence-electron chi connectivity index (χ2n) is 3.44. The minimum absolute atomic E-state index is 1.05. The number of nitriles is 1. The van der Waals surface area contributed by atoms with E-state index in [1.165, 1.54) is 23.3 Å². The highest BCUT2D eigenvalue weighted by atomic mass is 14.9. The van der Waals surface area contributed by atoms with Crippen LogP contribution in [0.5, 0.6) is 0 Å². The third-order valence-electron chi connectivity index (χ3n) is 2.65. The molecular formula is C11H12N2. The average molecular weight is 172 g/mol. The van der Waals surface area contributed by atoms with Gasteiger partial charge >= 0.3 is 0 Å². The molecule has 0 saturated heterocycles. The summed E-state index contributed by atoms with van der Waals surface area (Å²) in [5.74, 6) is 0. The normalized spacial score (nSPS) is 18.3. The van der Waals surface area contributed by atoms with Gasteiger partial charge in [0.25, 0.3) is 0 Å². The number of aromatic nitrogens is 1. The largest absolute Gasteiger partial charge is 0.354 e. The minimum Gasteiger partial charge on any atom is -0.354 e. The van der Waals surface area contributed by atoms with Crippen LogP contribution in [0.2, 0.25) is 0 Å². The van der Waals surface area contributed by atoms with E-state index >= 15 is 0 Å². The summed E-state index contributed by atoms with van der Waals surface area (Å²) in [5, 5.41) is 8.62. The molecule has 0 bridgehead atoms. The van der Waals surface area contributed by atoms with Gasteiger partial charge in [0.15, 0.2) is 0 Å². The maximum Gasteiger partial charge on any atom is 0.0915 e. The molecule has 1 aromatic rings. The quantitative estimate of drug-likeness (QED) is 0.552. The lowest BCUT2D eigenvalue weighted by atomic mass is 9.92. The summed E-state index contributed by atoms with van der Waals surface area (Å²) in [4.78, 5) is 0. The lowest BCUT2D eigenvalue weighted by molar-refractivity contribution is 0.740. The monoisotopic (exact) mass is 172 g/mol. The Balaban J connectivity index is 2.51. The molecule has 0 atom stereocenters. The smallest absolute Gasteiger partial charge is 0.0915 e. The Kier molecular flexibility index (Phi) is 1.94. The van der Waals surface area contributed by atoms with Crippen molar-refractivity contribution >= 4 is 5.57 Å². The minimum atomic E-state index is 1.05. The van der Waals surface area contributed by atoms with Gasteiger partial charge in [0.1, 0.15) is 0 Å². The first-order chi connectivity index (χ1) is 6.33. The number of nitrogens with zero attached hydrogens (tertiary/aromatic N) is 2. The van der Waals surface area contributed by atoms with Crippen molar-refractivity contribution in [2.45, 2.75) is 19.3 Å². The second-order valence-corrected chi connectivity index (χ2v) is 3.44. The van der Waals surface area contributed by atoms with Crippen LogP contribution in [0.4, 0.5) is 0 Å². The van der Waals surface area contributed by atoms with Gasteiger partial charge < -0.3 is 4.57 Å². The van der Waals surface area contributed by atoms with Gasteiger partial charge in [-0.05, 0) is 36.5 Å². The topological polar surface area (TPSA) is 28.7 Å². The van der Waals surface area contributed by atoms with Crippen molar-refractivity contribution in [3.05, 3.63) is 29.6 Å². The highest BCUT2D eigenvalue weighted by Crippen LogP contribution is 2.30. The van der Waals surface area contributed by atoms with Gasteiger partial charge in [0.2, 0.25) is 0 Å². The lowest BCUT2D eigenvalue weighted by Crippen LogP contribution is -2.04. The zero-order valence-corrected chi connectivity index (χ0v) is 7.75. The third-order valence-corrected chi connectivity index (χ3v) is 2.65. The molecule has 0 spiro atoms. The van der Waals surface area contributed by atoms with Crippen molar-refractivity contribution in [2.75, 3.05) is 0 Å². The summed E-state index contributed by atoms with van der Waals surface area (Å²) >= 11 is 0. The molecule has 1 aliphatic rings. The predicted molar refractivity (Wildman–Crippen MR) is 51.9 cm³/mol. The average Bonchev–Trinajstić information content (AvgIpc) is 2.50. The van der Waals surface area contributed by atoms with Gasteiger partial charge in [-0.3, -0.25) is 0 Å². The van der Waals surface area contributed by atoms with E-state index in [4.69, 9.17) is 5.26 Å². The van der Waals surface area contributed by atoms with Gasteiger partial charge in [0.05, 0.1) is 6.07 Å². The molecule has 0 unspecified atom stereocenters. The molecule has 1 heterocycles. The Morgan fingerprint density at radius 1 is 1.54 bits per heavy atom. The van der Waals surface area contributed by atoms with Crippen LogP contribution in [0.25, 0.3) is 5.57 Å². The Morgan fingerprint density at radius 2 is 2.38 bits per heavy atom. The molecule has 2 rings (SSSR count). The van der Waals surface area contributed by atoms with Crippen LogP contribution in [-0.4, -0.2) is 4.57 Å². The molecule has 0 aliphatic heterocycles. The van der Waals surface area contributed by atoms with Crippen LogP contribution in [0.1, 0.15) is 24.1 Å². The van der Waals surface area contributed by atoms with Crippen molar-refractivity contribution < 1.29 is 0 Å². The first-order valence-electron chi connectivity index (χ1n) is 4.56. The maximum absolute atomic E-state index is 8.62. The maximum atomic E-state index is 8.62. The first kappa shape index (κ1) is 8.12. The van der Waals surface area contributed by atoms with Crippen molar-refractivity contribution in [3.8, 4) is 6.07 Å². The number of hydrogen-bond acceptors (Lipinski definition) is 1. The molecule has 0 amide bonds. The zero-order chi connectivity index (χ0) is 9.26. The van der Waals surface area contributed by atoms with Gasteiger partial charge in [-0.15, -0.1) is 0 Å². The molecule has 0 aromatic carbocycles. The molecule has 2 heteroatoms. The molecule has 1 aliphatic carbocycles. The van der Waals surface area contributed by atoms with Crippen LogP contribution in [-0.2, 0) is 13.5 Å². The lowest BCUT2D eigenvalue weighted by Gasteiger charge is -2.15. The predicted octanol–water partition coefficient (Wildman–Crippen LogP) is 2.27. The third kappa shape index (κ3) is 1.27. The SMILES string of the molecule is Cn1ccc2c1CCCC2=CC#N. The van der Waals surface area contributed by atoms with E-state index in [0.717, 1.165) is 12.8 Å². The molecule has 0 radical (unpaired) electrons. The fourth-order valence-electron chi connectivity index (χ4n) is 1.97. The van der Waals surface area contributed by atoms with Gasteiger partial charge in [-0.1, -0.05) is 0 Å². The Bertz CT molecular complexity index is 391. The number of fused-ring (bicyclic) bond motifs is 1. The van der Waals surface area contributed by atoms with E-state index in [-0.39, 0.29) is 0 Å². The molecule has 0 saturated carbocycles. The summed E-state index contributed by atoms with van der Waals surface area (Å²) in [5.41, 5.74) is 3.84. The standard InChI is InChI=1S/C11H12N2/c1-13-8-6-10-9(5-7-12)3-2-4-11(10)13/h5-6,8H,2-4H2,1H3. The molecule has 2 nitrogen and oxygen atoms in total. The van der Waals surface area contributed by atoms with E-state index in [2.05, 4.69) is 29.9 Å². The van der Waals surface area contributed by atoms with Crippen LogP contribution >= 0.6 is 0 Å². The summed E-state index contributed by atoms with van der Waals surface area (Å²) in [6.45, 7) is 0. The molecule has 0 N–H and O–H groups in total. The van der Waals surface area contributed by atoms with Crippen LogP contribution in [0.15, 0.2) is 18.3 Å². The van der Waals surface area contributed by atoms with E-state index in [0.29, 0.717) is 0 Å². The number of aryl methyl sites for hydroxylation is 1. The first-order valence-corrected chi connectivity index (χ1v) is 4.56. The van der Waals surface area contributed by atoms with Crippen molar-refractivity contribution in [2.24, 2.45) is 7.05 Å².